The molecule has 12 heavy (non-hydrogen) atoms. The van der Waals surface area contributed by atoms with Gasteiger partial charge in [-0.05, 0) is 35.3 Å². The molecule has 1 fully saturated rings. The molecule has 0 aromatic heterocycles. The molecule has 0 bridgehead atoms. The lowest BCUT2D eigenvalue weighted by Gasteiger charge is -2.45. The summed E-state index contributed by atoms with van der Waals surface area (Å²) in [6.45, 7) is 0. The number of hydrogen-bond donors (Lipinski definition) is 3. The van der Waals surface area contributed by atoms with Gasteiger partial charge in [0.1, 0.15) is 18.9 Å². The van der Waals surface area contributed by atoms with E-state index < -0.39 is 18.9 Å². The van der Waals surface area contributed by atoms with Crippen LogP contribution < -0.4 is 17.2 Å². The highest BCUT2D eigenvalue weighted by molar-refractivity contribution is 6.18. The highest BCUT2D eigenvalue weighted by Crippen LogP contribution is 2.23. The monoisotopic (exact) mass is 234 g/mol. The number of halogens is 3. The molecule has 6 nitrogen and oxygen atoms in total. The summed E-state index contributed by atoms with van der Waals surface area (Å²) in [6, 6.07) is 0. The summed E-state index contributed by atoms with van der Waals surface area (Å²) in [4.78, 5) is 0. The molecule has 0 saturated carbocycles. The van der Waals surface area contributed by atoms with Gasteiger partial charge < -0.3 is 17.2 Å². The molecule has 0 atom stereocenters. The molecule has 0 amide bonds. The quantitative estimate of drug-likeness (QED) is 0.472. The first-order chi connectivity index (χ1) is 5.46. The van der Waals surface area contributed by atoms with E-state index in [9.17, 15) is 0 Å². The molecule has 72 valence electrons. The van der Waals surface area contributed by atoms with Gasteiger partial charge in [-0.3, -0.25) is 0 Å². The normalized spacial score (nSPS) is 42.0. The Morgan fingerprint density at radius 1 is 0.667 bits per heavy atom. The van der Waals surface area contributed by atoms with E-state index in [2.05, 4.69) is 0 Å². The lowest BCUT2D eigenvalue weighted by atomic mass is 10.6. The molecule has 1 aliphatic rings. The molecule has 0 unspecified atom stereocenters. The summed E-state index contributed by atoms with van der Waals surface area (Å²) in [5.41, 5.74) is 16.5. The van der Waals surface area contributed by atoms with E-state index in [-0.39, 0.29) is 0 Å². The molecule has 1 heterocycles. The molecule has 0 aromatic carbocycles. The van der Waals surface area contributed by atoms with Crippen molar-refractivity contribution in [2.24, 2.45) is 17.2 Å². The Kier molecular flexibility index (Phi) is 3.38. The maximum Gasteiger partial charge on any atom is 0.147 e. The van der Waals surface area contributed by atoms with E-state index in [1.54, 1.807) is 0 Å². The Morgan fingerprint density at radius 3 is 1.00 bits per heavy atom. The molecule has 0 spiro atoms. The van der Waals surface area contributed by atoms with Crippen molar-refractivity contribution in [1.29, 1.82) is 0 Å². The second kappa shape index (κ2) is 3.79. The van der Waals surface area contributed by atoms with Gasteiger partial charge in [0.05, 0.1) is 0 Å². The van der Waals surface area contributed by atoms with E-state index in [1.165, 1.54) is 0 Å². The second-order valence-electron chi connectivity index (χ2n) is 2.27. The molecule has 0 radical (unpaired) electrons. The minimum absolute atomic E-state index is 0.770. The largest absolute Gasteiger partial charge is 0.301 e. The molecule has 9 heteroatoms. The van der Waals surface area contributed by atoms with E-state index in [4.69, 9.17) is 52.5 Å². The van der Waals surface area contributed by atoms with Crippen LogP contribution in [0.4, 0.5) is 0 Å². The van der Waals surface area contributed by atoms with Gasteiger partial charge in [0.15, 0.2) is 0 Å². The van der Waals surface area contributed by atoms with Crippen molar-refractivity contribution in [3.63, 3.8) is 0 Å². The van der Waals surface area contributed by atoms with Crippen molar-refractivity contribution < 1.29 is 0 Å². The lowest BCUT2D eigenvalue weighted by molar-refractivity contribution is -0.0399. The highest BCUT2D eigenvalue weighted by Gasteiger charge is 2.40. The molecule has 0 aromatic rings. The minimum Gasteiger partial charge on any atom is -0.301 e. The van der Waals surface area contributed by atoms with Crippen LogP contribution in [0.5, 0.6) is 0 Å². The zero-order valence-corrected chi connectivity index (χ0v) is 8.21. The van der Waals surface area contributed by atoms with Gasteiger partial charge in [-0.1, -0.05) is 0 Å². The van der Waals surface area contributed by atoms with E-state index >= 15 is 0 Å². The van der Waals surface area contributed by atoms with Crippen LogP contribution in [0.25, 0.3) is 0 Å². The van der Waals surface area contributed by atoms with Gasteiger partial charge in [0.25, 0.3) is 0 Å². The van der Waals surface area contributed by atoms with Crippen molar-refractivity contribution in [1.82, 2.24) is 13.3 Å². The fourth-order valence-electron chi connectivity index (χ4n) is 0.786. The number of nitrogens with zero attached hydrogens (tertiary/aromatic N) is 3. The van der Waals surface area contributed by atoms with Gasteiger partial charge >= 0.3 is 0 Å². The molecular formula is C3H9Cl3N6. The van der Waals surface area contributed by atoms with Crippen LogP contribution in [0, 0.1) is 0 Å². The SMILES string of the molecule is NC1N(Cl)C(N)N(Cl)C(N)N1Cl. The van der Waals surface area contributed by atoms with Crippen molar-refractivity contribution in [2.45, 2.75) is 18.9 Å². The third-order valence-corrected chi connectivity index (χ3v) is 2.72. The highest BCUT2D eigenvalue weighted by atomic mass is 35.5. The summed E-state index contributed by atoms with van der Waals surface area (Å²) in [6.07, 6.45) is -2.31. The van der Waals surface area contributed by atoms with Gasteiger partial charge in [-0.2, -0.15) is 13.3 Å². The third kappa shape index (κ3) is 1.63. The first kappa shape index (κ1) is 10.7. The Balaban J connectivity index is 2.76. The molecule has 1 rings (SSSR count). The summed E-state index contributed by atoms with van der Waals surface area (Å²) >= 11 is 16.9. The zero-order chi connectivity index (χ0) is 9.46. The van der Waals surface area contributed by atoms with E-state index in [1.807, 2.05) is 0 Å². The number of nitrogens with two attached hydrogens (primary N) is 3. The van der Waals surface area contributed by atoms with Crippen LogP contribution in [0.2, 0.25) is 0 Å². The maximum absolute atomic E-state index is 5.65. The second-order valence-corrected chi connectivity index (χ2v) is 3.44. The van der Waals surface area contributed by atoms with Gasteiger partial charge in [-0.15, -0.1) is 0 Å². The zero-order valence-electron chi connectivity index (χ0n) is 5.94. The number of hydrogen-bond acceptors (Lipinski definition) is 6. The van der Waals surface area contributed by atoms with Gasteiger partial charge in [0.2, 0.25) is 0 Å². The molecular weight excluding hydrogens is 226 g/mol. The first-order valence-electron chi connectivity index (χ1n) is 3.06. The van der Waals surface area contributed by atoms with Crippen LogP contribution in [0.1, 0.15) is 0 Å². The van der Waals surface area contributed by atoms with Crippen LogP contribution in [0.3, 0.4) is 0 Å². The Bertz CT molecular complexity index is 110. The molecule has 0 aliphatic carbocycles. The van der Waals surface area contributed by atoms with Crippen LogP contribution in [-0.2, 0) is 0 Å². The standard InChI is InChI=1S/C3H9Cl3N6/c4-10-1(7)11(5)3(9)12(6)2(10)8/h1-3H,7-9H2. The van der Waals surface area contributed by atoms with Crippen LogP contribution >= 0.6 is 35.3 Å². The molecule has 1 aliphatic heterocycles. The smallest absolute Gasteiger partial charge is 0.147 e. The van der Waals surface area contributed by atoms with Crippen LogP contribution in [0.15, 0.2) is 0 Å². The van der Waals surface area contributed by atoms with E-state index in [0.29, 0.717) is 0 Å². The third-order valence-electron chi connectivity index (χ3n) is 1.52. The fraction of sp³-hybridized carbons (Fsp3) is 1.00. The summed E-state index contributed by atoms with van der Waals surface area (Å²) in [5.74, 6) is 0. The maximum atomic E-state index is 5.65. The molecule has 1 saturated heterocycles. The van der Waals surface area contributed by atoms with Crippen molar-refractivity contribution in [2.75, 3.05) is 0 Å². The summed E-state index contributed by atoms with van der Waals surface area (Å²) < 4.78 is 3.18. The van der Waals surface area contributed by atoms with Crippen LogP contribution in [-0.4, -0.2) is 32.1 Å². The van der Waals surface area contributed by atoms with Gasteiger partial charge in [-0.25, -0.2) is 0 Å². The van der Waals surface area contributed by atoms with Crippen molar-refractivity contribution in [3.8, 4) is 0 Å². The Morgan fingerprint density at radius 2 is 0.833 bits per heavy atom. The average molecular weight is 236 g/mol. The Labute approximate surface area is 85.0 Å². The van der Waals surface area contributed by atoms with Crippen molar-refractivity contribution in [3.05, 3.63) is 0 Å². The topological polar surface area (TPSA) is 87.8 Å². The number of rotatable bonds is 0. The summed E-state index contributed by atoms with van der Waals surface area (Å²) in [7, 11) is 0. The predicted molar refractivity (Wildman–Crippen MR) is 47.0 cm³/mol. The van der Waals surface area contributed by atoms with Crippen molar-refractivity contribution >= 4 is 35.3 Å². The van der Waals surface area contributed by atoms with Gasteiger partial charge in [0, 0.05) is 0 Å². The van der Waals surface area contributed by atoms with E-state index in [0.717, 1.165) is 13.3 Å². The first-order valence-corrected chi connectivity index (χ1v) is 4.07. The predicted octanol–water partition coefficient (Wildman–Crippen LogP) is -0.906. The summed E-state index contributed by atoms with van der Waals surface area (Å²) in [5, 5.41) is 0. The minimum atomic E-state index is -0.770. The lowest BCUT2D eigenvalue weighted by Crippen LogP contribution is -2.71. The fourth-order valence-corrected chi connectivity index (χ4v) is 1.48. The Hall–Kier alpha value is 0.630. The average Bonchev–Trinajstić information content (AvgIpc) is 2.08. The molecule has 6 N–H and O–H groups in total.